The lowest BCUT2D eigenvalue weighted by Crippen LogP contribution is -2.62. The van der Waals surface area contributed by atoms with Gasteiger partial charge in [0.25, 0.3) is 5.92 Å². The van der Waals surface area contributed by atoms with Crippen molar-refractivity contribution in [2.24, 2.45) is 12.5 Å². The Hall–Kier alpha value is -3.14. The molecular formula is C32H36F2N4O3. The molecule has 216 valence electrons. The van der Waals surface area contributed by atoms with Gasteiger partial charge in [0.15, 0.2) is 0 Å². The van der Waals surface area contributed by atoms with Crippen LogP contribution in [0.3, 0.4) is 0 Å². The SMILES string of the molecule is Cn1c2ccncc2c2ccc(-c3ccc(OC4CC(OCCCC(F)(F)COC5CC6(CNC6)C5)C4)nc3)cc21. The highest BCUT2D eigenvalue weighted by Crippen LogP contribution is 2.46. The van der Waals surface area contributed by atoms with Gasteiger partial charge in [-0.05, 0) is 43.0 Å². The van der Waals surface area contributed by atoms with Crippen molar-refractivity contribution in [1.82, 2.24) is 19.9 Å². The summed E-state index contributed by atoms with van der Waals surface area (Å²) in [6, 6.07) is 12.4. The number of pyridine rings is 2. The van der Waals surface area contributed by atoms with Crippen LogP contribution >= 0.6 is 0 Å². The number of alkyl halides is 2. The Balaban J connectivity index is 0.830. The molecule has 2 saturated carbocycles. The second kappa shape index (κ2) is 10.6. The van der Waals surface area contributed by atoms with Crippen molar-refractivity contribution in [3.05, 3.63) is 55.0 Å². The number of hydrogen-bond acceptors (Lipinski definition) is 6. The number of nitrogens with one attached hydrogen (secondary N) is 1. The summed E-state index contributed by atoms with van der Waals surface area (Å²) < 4.78 is 47.9. The number of nitrogens with zero attached hydrogens (tertiary/aromatic N) is 3. The molecule has 1 aliphatic heterocycles. The molecule has 7 nitrogen and oxygen atoms in total. The Morgan fingerprint density at radius 2 is 1.78 bits per heavy atom. The number of benzene rings is 1. The molecule has 0 bridgehead atoms. The van der Waals surface area contributed by atoms with Crippen molar-refractivity contribution in [3.8, 4) is 17.0 Å². The van der Waals surface area contributed by atoms with Crippen molar-refractivity contribution in [2.75, 3.05) is 26.3 Å². The highest BCUT2D eigenvalue weighted by molar-refractivity contribution is 6.08. The third-order valence-corrected chi connectivity index (χ3v) is 9.11. The van der Waals surface area contributed by atoms with Gasteiger partial charge < -0.3 is 24.1 Å². The first-order valence-electron chi connectivity index (χ1n) is 14.6. The Morgan fingerprint density at radius 1 is 0.951 bits per heavy atom. The predicted molar refractivity (Wildman–Crippen MR) is 153 cm³/mol. The van der Waals surface area contributed by atoms with Crippen LogP contribution in [0.15, 0.2) is 55.0 Å². The molecule has 0 radical (unpaired) electrons. The summed E-state index contributed by atoms with van der Waals surface area (Å²) >= 11 is 0. The standard InChI is InChI=1S/C32H36F2N4O3/c1-38-28-7-9-35-17-27(28)26-5-3-21(11-29(26)38)22-4-6-30(37-16-22)41-24-12-23(13-24)39-10-2-8-32(33,34)20-40-25-14-31(15-25)18-36-19-31/h3-7,9,11,16-17,23-25,36H,2,8,10,12-15,18-20H2,1H3. The lowest BCUT2D eigenvalue weighted by molar-refractivity contribution is -0.160. The lowest BCUT2D eigenvalue weighted by Gasteiger charge is -2.54. The summed E-state index contributed by atoms with van der Waals surface area (Å²) in [4.78, 5) is 8.81. The maximum Gasteiger partial charge on any atom is 0.271 e. The lowest BCUT2D eigenvalue weighted by atomic mass is 9.63. The van der Waals surface area contributed by atoms with Gasteiger partial charge in [0.05, 0.1) is 17.7 Å². The summed E-state index contributed by atoms with van der Waals surface area (Å²) in [6.45, 7) is 1.84. The molecule has 1 saturated heterocycles. The van der Waals surface area contributed by atoms with E-state index in [2.05, 4.69) is 45.1 Å². The average molecular weight is 563 g/mol. The number of fused-ring (bicyclic) bond motifs is 3. The normalized spacial score (nSPS) is 22.0. The van der Waals surface area contributed by atoms with Crippen LogP contribution in [-0.2, 0) is 16.5 Å². The molecule has 1 aromatic carbocycles. The minimum atomic E-state index is -2.80. The Bertz CT molecular complexity index is 1520. The zero-order chi connectivity index (χ0) is 28.0. The molecule has 3 aliphatic rings. The summed E-state index contributed by atoms with van der Waals surface area (Å²) in [6.07, 6.45) is 9.06. The van der Waals surface area contributed by atoms with Crippen LogP contribution in [0.2, 0.25) is 0 Å². The maximum absolute atomic E-state index is 14.2. The van der Waals surface area contributed by atoms with Gasteiger partial charge in [0.2, 0.25) is 5.88 Å². The van der Waals surface area contributed by atoms with Crippen LogP contribution in [0.1, 0.15) is 38.5 Å². The van der Waals surface area contributed by atoms with Crippen LogP contribution in [0, 0.1) is 5.41 Å². The van der Waals surface area contributed by atoms with E-state index in [-0.39, 0.29) is 24.7 Å². The number of hydrogen-bond donors (Lipinski definition) is 1. The molecule has 1 spiro atoms. The molecule has 0 unspecified atom stereocenters. The van der Waals surface area contributed by atoms with E-state index in [4.69, 9.17) is 14.2 Å². The topological polar surface area (TPSA) is 70.4 Å². The van der Waals surface area contributed by atoms with E-state index in [1.165, 1.54) is 5.39 Å². The molecular weight excluding hydrogens is 526 g/mol. The summed E-state index contributed by atoms with van der Waals surface area (Å²) in [5.41, 5.74) is 4.75. The number of ether oxygens (including phenoxy) is 3. The molecule has 7 rings (SSSR count). The molecule has 4 heterocycles. The van der Waals surface area contributed by atoms with Gasteiger partial charge in [0, 0.05) is 97.9 Å². The Morgan fingerprint density at radius 3 is 2.54 bits per heavy atom. The summed E-state index contributed by atoms with van der Waals surface area (Å²) in [5.74, 6) is -2.22. The number of halogens is 2. The predicted octanol–water partition coefficient (Wildman–Crippen LogP) is 5.90. The number of aryl methyl sites for hydroxylation is 1. The number of rotatable bonds is 11. The van der Waals surface area contributed by atoms with Crippen LogP contribution < -0.4 is 10.1 Å². The molecule has 1 N–H and O–H groups in total. The third-order valence-electron chi connectivity index (χ3n) is 9.11. The molecule has 2 aliphatic carbocycles. The van der Waals surface area contributed by atoms with Crippen molar-refractivity contribution >= 4 is 21.8 Å². The molecule has 3 aromatic heterocycles. The minimum absolute atomic E-state index is 0.00532. The van der Waals surface area contributed by atoms with Gasteiger partial charge in [-0.15, -0.1) is 0 Å². The zero-order valence-electron chi connectivity index (χ0n) is 23.3. The summed E-state index contributed by atoms with van der Waals surface area (Å²) in [5, 5.41) is 5.58. The molecule has 9 heteroatoms. The first kappa shape index (κ1) is 26.7. The van der Waals surface area contributed by atoms with Gasteiger partial charge in [0.1, 0.15) is 12.7 Å². The molecule has 41 heavy (non-hydrogen) atoms. The van der Waals surface area contributed by atoms with E-state index >= 15 is 0 Å². The van der Waals surface area contributed by atoms with Crippen molar-refractivity contribution in [2.45, 2.75) is 62.8 Å². The van der Waals surface area contributed by atoms with E-state index < -0.39 is 12.5 Å². The largest absolute Gasteiger partial charge is 0.474 e. The zero-order valence-corrected chi connectivity index (χ0v) is 23.3. The molecule has 0 atom stereocenters. The minimum Gasteiger partial charge on any atom is -0.474 e. The molecule has 0 amide bonds. The monoisotopic (exact) mass is 562 g/mol. The fourth-order valence-electron chi connectivity index (χ4n) is 6.46. The number of aromatic nitrogens is 3. The van der Waals surface area contributed by atoms with Crippen molar-refractivity contribution in [1.29, 1.82) is 0 Å². The highest BCUT2D eigenvalue weighted by atomic mass is 19.3. The second-order valence-electron chi connectivity index (χ2n) is 12.2. The van der Waals surface area contributed by atoms with Gasteiger partial charge in [-0.25, -0.2) is 13.8 Å². The summed E-state index contributed by atoms with van der Waals surface area (Å²) in [7, 11) is 2.07. The van der Waals surface area contributed by atoms with E-state index in [1.54, 1.807) is 0 Å². The van der Waals surface area contributed by atoms with Gasteiger partial charge >= 0.3 is 0 Å². The first-order valence-corrected chi connectivity index (χ1v) is 14.6. The van der Waals surface area contributed by atoms with E-state index in [0.29, 0.717) is 24.3 Å². The van der Waals surface area contributed by atoms with Crippen molar-refractivity contribution in [3.63, 3.8) is 0 Å². The quantitative estimate of drug-likeness (QED) is 0.230. The third kappa shape index (κ3) is 5.43. The smallest absolute Gasteiger partial charge is 0.271 e. The highest BCUT2D eigenvalue weighted by Gasteiger charge is 2.49. The van der Waals surface area contributed by atoms with Crippen LogP contribution in [0.5, 0.6) is 5.88 Å². The average Bonchev–Trinajstić information content (AvgIpc) is 3.19. The van der Waals surface area contributed by atoms with Crippen LogP contribution in [0.4, 0.5) is 8.78 Å². The van der Waals surface area contributed by atoms with Gasteiger partial charge in [-0.3, -0.25) is 4.98 Å². The van der Waals surface area contributed by atoms with Gasteiger partial charge in [-0.1, -0.05) is 12.1 Å². The van der Waals surface area contributed by atoms with Crippen LogP contribution in [0.25, 0.3) is 32.9 Å². The Kier molecular flexibility index (Phi) is 6.92. The maximum atomic E-state index is 14.2. The van der Waals surface area contributed by atoms with E-state index in [1.807, 2.05) is 36.8 Å². The van der Waals surface area contributed by atoms with Gasteiger partial charge in [-0.2, -0.15) is 0 Å². The fourth-order valence-corrected chi connectivity index (χ4v) is 6.46. The van der Waals surface area contributed by atoms with Crippen LogP contribution in [-0.4, -0.2) is 65.1 Å². The molecule has 3 fully saturated rings. The van der Waals surface area contributed by atoms with E-state index in [0.717, 1.165) is 66.3 Å². The first-order chi connectivity index (χ1) is 19.9. The van der Waals surface area contributed by atoms with Crippen molar-refractivity contribution < 1.29 is 23.0 Å². The Labute approximate surface area is 238 Å². The fraction of sp³-hybridized carbons (Fsp3) is 0.500. The van der Waals surface area contributed by atoms with E-state index in [9.17, 15) is 8.78 Å². The second-order valence-corrected chi connectivity index (χ2v) is 12.2. The molecule has 4 aromatic rings.